The molecule has 6 rings (SSSR count). The van der Waals surface area contributed by atoms with Gasteiger partial charge in [-0.05, 0) is 20.8 Å². The summed E-state index contributed by atoms with van der Waals surface area (Å²) >= 11 is 0. The van der Waals surface area contributed by atoms with Crippen molar-refractivity contribution in [3.05, 3.63) is 24.5 Å². The van der Waals surface area contributed by atoms with E-state index >= 15 is 0 Å². The zero-order valence-corrected chi connectivity index (χ0v) is 30.9. The summed E-state index contributed by atoms with van der Waals surface area (Å²) < 4.78 is 9.18. The number of nitrogens with zero attached hydrogens (tertiary/aromatic N) is 5. The molecule has 0 aliphatic carbocycles. The van der Waals surface area contributed by atoms with Crippen molar-refractivity contribution in [1.29, 1.82) is 0 Å². The Morgan fingerprint density at radius 1 is 0.757 bits per heavy atom. The standard InChI is InChI=1S/C8H17N2.C7H10N2.C7H16NO.C7H16N.Rb/c1-2-10-6-3-9(4-7-10)5-8-10;1-9(2)7-3-5-8-6-4-7;1-3-8(2)4-6-9-7-5-8;1-3-8(2)6-4-5-7-8;/h2-8H2,1H3;3-6H,1-2H3;3-7H2,1-2H3;3-7H2,1-2H3;/q+1;;3*+1/p+1. The van der Waals surface area contributed by atoms with E-state index in [9.17, 15) is 0 Å². The summed E-state index contributed by atoms with van der Waals surface area (Å²) in [4.78, 5) is 7.62. The van der Waals surface area contributed by atoms with Gasteiger partial charge in [0, 0.05) is 64.4 Å². The van der Waals surface area contributed by atoms with Crippen LogP contribution in [0.15, 0.2) is 24.5 Å². The Morgan fingerprint density at radius 2 is 1.22 bits per heavy atom. The molecule has 0 atom stereocenters. The minimum atomic E-state index is 0. The molecule has 0 saturated carbocycles. The third-order valence-corrected chi connectivity index (χ3v) is 9.28. The van der Waals surface area contributed by atoms with Crippen molar-refractivity contribution in [1.82, 2.24) is 4.90 Å². The van der Waals surface area contributed by atoms with Gasteiger partial charge < -0.3 is 23.1 Å². The van der Waals surface area contributed by atoms with E-state index in [2.05, 4.69) is 49.7 Å². The number of morpholine rings is 1. The molecule has 0 radical (unpaired) electrons. The number of hydrogen-bond donors (Lipinski definition) is 0. The molecule has 5 aliphatic heterocycles. The van der Waals surface area contributed by atoms with Crippen LogP contribution in [0.4, 0.5) is 5.69 Å². The van der Waals surface area contributed by atoms with Crippen LogP contribution in [-0.4, -0.2) is 145 Å². The molecular formula is C29H60N6ORb+5. The first-order valence-corrected chi connectivity index (χ1v) is 14.6. The van der Waals surface area contributed by atoms with Crippen LogP contribution in [0.3, 0.4) is 0 Å². The number of aromatic nitrogens is 1. The second-order valence-corrected chi connectivity index (χ2v) is 11.9. The maximum Gasteiger partial charge on any atom is 1.00 e. The van der Waals surface area contributed by atoms with Crippen molar-refractivity contribution < 1.29 is 81.4 Å². The van der Waals surface area contributed by atoms with Gasteiger partial charge in [-0.25, -0.2) is 4.98 Å². The summed E-state index contributed by atoms with van der Waals surface area (Å²) in [5.74, 6) is 0. The van der Waals surface area contributed by atoms with E-state index in [1.807, 2.05) is 38.6 Å². The number of piperazine rings is 3. The normalized spacial score (nSPS) is 26.6. The smallest absolute Gasteiger partial charge is 0.377 e. The van der Waals surface area contributed by atoms with Crippen LogP contribution in [-0.2, 0) is 4.74 Å². The zero-order chi connectivity index (χ0) is 26.5. The molecule has 8 heteroatoms. The van der Waals surface area contributed by atoms with Crippen LogP contribution in [0.2, 0.25) is 0 Å². The quantitative estimate of drug-likeness (QED) is 0.439. The molecule has 1 aromatic heterocycles. The molecule has 6 heterocycles. The van der Waals surface area contributed by atoms with Crippen molar-refractivity contribution >= 4 is 5.69 Å². The van der Waals surface area contributed by atoms with Crippen LogP contribution < -0.4 is 68.1 Å². The Labute approximate surface area is 278 Å². The number of quaternary nitrogens is 3. The monoisotopic (exact) mass is 593 g/mol. The number of hydrogen-bond acceptors (Lipinski definition) is 3. The average molecular weight is 594 g/mol. The summed E-state index contributed by atoms with van der Waals surface area (Å²) in [6.45, 7) is 26.2. The Morgan fingerprint density at radius 3 is 1.51 bits per heavy atom. The van der Waals surface area contributed by atoms with E-state index in [0.29, 0.717) is 0 Å². The number of nitrogens with one attached hydrogen (secondary N) is 1. The number of anilines is 1. The third kappa shape index (κ3) is 12.7. The summed E-state index contributed by atoms with van der Waals surface area (Å²) in [6, 6.07) is 4.06. The van der Waals surface area contributed by atoms with Gasteiger partial charge in [-0.15, -0.1) is 0 Å². The summed E-state index contributed by atoms with van der Waals surface area (Å²) in [7, 11) is 8.69. The summed E-state index contributed by atoms with van der Waals surface area (Å²) in [5.41, 5.74) is 1.22. The number of likely N-dealkylation sites (tertiary alicyclic amines) is 1. The van der Waals surface area contributed by atoms with Gasteiger partial charge in [0.25, 0.3) is 0 Å². The van der Waals surface area contributed by atoms with Crippen molar-refractivity contribution in [3.63, 3.8) is 0 Å². The first-order valence-electron chi connectivity index (χ1n) is 14.6. The number of aromatic amines is 1. The number of fused-ring (bicyclic) bond motifs is 3. The van der Waals surface area contributed by atoms with Gasteiger partial charge in [-0.1, -0.05) is 0 Å². The Bertz CT molecular complexity index is 686. The molecular weight excluding hydrogens is 534 g/mol. The van der Waals surface area contributed by atoms with Gasteiger partial charge in [0.15, 0.2) is 12.4 Å². The van der Waals surface area contributed by atoms with E-state index in [1.54, 1.807) is 0 Å². The largest absolute Gasteiger partial charge is 1.00 e. The van der Waals surface area contributed by atoms with Crippen LogP contribution in [0, 0.1) is 0 Å². The molecule has 1 N–H and O–H groups in total. The van der Waals surface area contributed by atoms with Gasteiger partial charge in [0.1, 0.15) is 13.1 Å². The van der Waals surface area contributed by atoms with Crippen LogP contribution in [0.1, 0.15) is 33.6 Å². The molecule has 1 aromatic rings. The fourth-order valence-corrected chi connectivity index (χ4v) is 5.40. The number of likely N-dealkylation sites (N-methyl/N-ethyl adjacent to an activating group) is 2. The van der Waals surface area contributed by atoms with Gasteiger partial charge in [-0.2, -0.15) is 0 Å². The number of H-pyrrole nitrogens is 1. The fourth-order valence-electron chi connectivity index (χ4n) is 5.40. The average Bonchev–Trinajstić information content (AvgIpc) is 3.39. The number of pyridine rings is 1. The van der Waals surface area contributed by atoms with Gasteiger partial charge in [0.05, 0.1) is 79.7 Å². The molecule has 208 valence electrons. The number of rotatable bonds is 4. The van der Waals surface area contributed by atoms with Gasteiger partial charge in [-0.3, -0.25) is 4.90 Å². The maximum atomic E-state index is 5.25. The molecule has 5 fully saturated rings. The summed E-state index contributed by atoms with van der Waals surface area (Å²) in [5, 5.41) is 0. The molecule has 5 saturated heterocycles. The van der Waals surface area contributed by atoms with Gasteiger partial charge in [0.2, 0.25) is 0 Å². The van der Waals surface area contributed by atoms with E-state index in [4.69, 9.17) is 4.74 Å². The van der Waals surface area contributed by atoms with E-state index in [1.165, 1.54) is 117 Å². The molecule has 2 bridgehead atoms. The molecule has 0 aromatic carbocycles. The fraction of sp³-hybridized carbons (Fsp3) is 0.828. The van der Waals surface area contributed by atoms with E-state index in [-0.39, 0.29) is 58.2 Å². The minimum Gasteiger partial charge on any atom is -0.377 e. The third-order valence-electron chi connectivity index (χ3n) is 9.28. The summed E-state index contributed by atoms with van der Waals surface area (Å²) in [6.07, 6.45) is 6.72. The van der Waals surface area contributed by atoms with Crippen LogP contribution in [0.5, 0.6) is 0 Å². The van der Waals surface area contributed by atoms with Crippen molar-refractivity contribution in [2.75, 3.05) is 131 Å². The molecule has 0 spiro atoms. The van der Waals surface area contributed by atoms with E-state index in [0.717, 1.165) is 13.2 Å². The van der Waals surface area contributed by atoms with Crippen molar-refractivity contribution in [3.8, 4) is 0 Å². The minimum absolute atomic E-state index is 0. The van der Waals surface area contributed by atoms with Crippen LogP contribution in [0.25, 0.3) is 0 Å². The molecule has 0 amide bonds. The van der Waals surface area contributed by atoms with Gasteiger partial charge >= 0.3 is 58.2 Å². The predicted octanol–water partition coefficient (Wildman–Crippen LogP) is -0.547. The first-order chi connectivity index (χ1) is 17.2. The second-order valence-electron chi connectivity index (χ2n) is 11.9. The SMILES string of the molecule is CC[N+]1(C)CCCC1.CC[N+]1(C)CCOCC1.CC[N+]12CCN(CC1)CC2.CN(C)c1cc[nH+]cc1.[Rb+]. The zero-order valence-electron chi connectivity index (χ0n) is 26.0. The van der Waals surface area contributed by atoms with Crippen LogP contribution >= 0.6 is 0 Å². The van der Waals surface area contributed by atoms with E-state index < -0.39 is 0 Å². The molecule has 5 aliphatic rings. The maximum absolute atomic E-state index is 5.25. The number of ether oxygens (including phenoxy) is 1. The molecule has 7 nitrogen and oxygen atoms in total. The Balaban J connectivity index is 0.000000245. The van der Waals surface area contributed by atoms with Crippen molar-refractivity contribution in [2.45, 2.75) is 33.6 Å². The Hall–Kier alpha value is 0.555. The Kier molecular flexibility index (Phi) is 17.4. The predicted molar refractivity (Wildman–Crippen MR) is 152 cm³/mol. The second kappa shape index (κ2) is 18.1. The molecule has 37 heavy (non-hydrogen) atoms. The topological polar surface area (TPSA) is 29.9 Å². The molecule has 0 unspecified atom stereocenters. The first kappa shape index (κ1) is 35.6. The van der Waals surface area contributed by atoms with Crippen molar-refractivity contribution in [2.24, 2.45) is 0 Å².